The number of rotatable bonds is 4. The Kier molecular flexibility index (Phi) is 4.67. The molecule has 1 saturated heterocycles. The zero-order valence-electron chi connectivity index (χ0n) is 12.8. The van der Waals surface area contributed by atoms with Crippen LogP contribution in [-0.2, 0) is 9.30 Å². The number of benzene rings is 1. The Labute approximate surface area is 140 Å². The number of para-hydroxylation sites is 1. The number of fused-ring (bicyclic) bond motifs is 1. The summed E-state index contributed by atoms with van der Waals surface area (Å²) in [5.41, 5.74) is -1.21. The maximum absolute atomic E-state index is 12.2. The first-order valence-electron chi connectivity index (χ1n) is 7.49. The highest BCUT2D eigenvalue weighted by Crippen LogP contribution is 2.39. The molecule has 2 aromatic rings. The first-order chi connectivity index (χ1) is 11.7. The van der Waals surface area contributed by atoms with Crippen LogP contribution < -0.4 is 11.2 Å². The van der Waals surface area contributed by atoms with Crippen LogP contribution in [0.25, 0.3) is 10.9 Å². The lowest BCUT2D eigenvalue weighted by Gasteiger charge is -2.19. The highest BCUT2D eigenvalue weighted by molar-refractivity contribution is 7.51. The largest absolute Gasteiger partial charge is 0.388 e. The van der Waals surface area contributed by atoms with E-state index in [1.54, 1.807) is 12.1 Å². The highest BCUT2D eigenvalue weighted by atomic mass is 31.2. The molecule has 0 radical (unpaired) electrons. The van der Waals surface area contributed by atoms with Crippen LogP contribution in [0, 0.1) is 0 Å². The molecular formula is C14H17N2O8P. The summed E-state index contributed by atoms with van der Waals surface area (Å²) in [6.07, 6.45) is -6.04. The molecule has 25 heavy (non-hydrogen) atoms. The molecule has 10 nitrogen and oxygen atoms in total. The molecule has 136 valence electrons. The normalized spacial score (nSPS) is 27.0. The number of aromatic amines is 1. The van der Waals surface area contributed by atoms with Crippen LogP contribution in [0.15, 0.2) is 33.9 Å². The molecule has 1 aromatic carbocycles. The van der Waals surface area contributed by atoms with E-state index < -0.39 is 49.5 Å². The predicted molar refractivity (Wildman–Crippen MR) is 86.3 cm³/mol. The number of nitrogens with one attached hydrogen (secondary N) is 1. The van der Waals surface area contributed by atoms with Gasteiger partial charge in [-0.3, -0.25) is 18.9 Å². The van der Waals surface area contributed by atoms with Gasteiger partial charge in [-0.15, -0.1) is 0 Å². The van der Waals surface area contributed by atoms with E-state index in [4.69, 9.17) is 14.5 Å². The Morgan fingerprint density at radius 3 is 2.52 bits per heavy atom. The van der Waals surface area contributed by atoms with Crippen LogP contribution in [0.5, 0.6) is 0 Å². The fourth-order valence-electron chi connectivity index (χ4n) is 2.94. The number of aliphatic hydroxyl groups is 2. The predicted octanol–water partition coefficient (Wildman–Crippen LogP) is -1.12. The Bertz CT molecular complexity index is 948. The summed E-state index contributed by atoms with van der Waals surface area (Å²) in [6.45, 7) is 0. The number of aromatic nitrogens is 2. The molecule has 4 atom stereocenters. The first-order valence-corrected chi connectivity index (χ1v) is 9.28. The van der Waals surface area contributed by atoms with Gasteiger partial charge >= 0.3 is 13.3 Å². The smallest absolute Gasteiger partial charge is 0.331 e. The summed E-state index contributed by atoms with van der Waals surface area (Å²) in [7, 11) is -4.30. The number of nitrogens with zero attached hydrogens (tertiary/aromatic N) is 1. The van der Waals surface area contributed by atoms with Crippen molar-refractivity contribution in [3.63, 3.8) is 0 Å². The summed E-state index contributed by atoms with van der Waals surface area (Å²) in [5, 5.41) is 20.5. The lowest BCUT2D eigenvalue weighted by molar-refractivity contribution is -0.0377. The second-order valence-corrected chi connectivity index (χ2v) is 7.65. The molecule has 2 heterocycles. The third kappa shape index (κ3) is 3.45. The molecule has 11 heteroatoms. The third-order valence-corrected chi connectivity index (χ3v) is 4.98. The van der Waals surface area contributed by atoms with Gasteiger partial charge in [0.2, 0.25) is 0 Å². The number of ether oxygens (including phenoxy) is 1. The first kappa shape index (κ1) is 18.0. The fraction of sp³-hybridized carbons (Fsp3) is 0.429. The molecule has 1 fully saturated rings. The Morgan fingerprint density at radius 1 is 1.16 bits per heavy atom. The van der Waals surface area contributed by atoms with E-state index in [2.05, 4.69) is 4.98 Å². The van der Waals surface area contributed by atoms with Gasteiger partial charge in [0.15, 0.2) is 6.23 Å². The molecule has 1 aliphatic heterocycles. The molecule has 1 aliphatic rings. The van der Waals surface area contributed by atoms with Crippen molar-refractivity contribution in [3.8, 4) is 0 Å². The Balaban J connectivity index is 2.00. The summed E-state index contributed by atoms with van der Waals surface area (Å²) < 4.78 is 17.5. The van der Waals surface area contributed by atoms with Crippen molar-refractivity contribution in [2.24, 2.45) is 0 Å². The van der Waals surface area contributed by atoms with Crippen molar-refractivity contribution in [1.82, 2.24) is 9.55 Å². The van der Waals surface area contributed by atoms with Crippen LogP contribution >= 0.6 is 7.60 Å². The number of hydrogen-bond acceptors (Lipinski definition) is 6. The van der Waals surface area contributed by atoms with E-state index in [1.807, 2.05) is 0 Å². The molecule has 0 spiro atoms. The third-order valence-electron chi connectivity index (χ3n) is 4.14. The van der Waals surface area contributed by atoms with E-state index >= 15 is 0 Å². The van der Waals surface area contributed by atoms with E-state index in [9.17, 15) is 24.4 Å². The molecule has 0 saturated carbocycles. The summed E-state index contributed by atoms with van der Waals surface area (Å²) >= 11 is 0. The molecule has 0 amide bonds. The van der Waals surface area contributed by atoms with Gasteiger partial charge in [-0.25, -0.2) is 4.79 Å². The second kappa shape index (κ2) is 6.49. The van der Waals surface area contributed by atoms with E-state index in [-0.39, 0.29) is 17.3 Å². The van der Waals surface area contributed by atoms with Gasteiger partial charge < -0.3 is 24.7 Å². The van der Waals surface area contributed by atoms with E-state index in [0.29, 0.717) is 0 Å². The van der Waals surface area contributed by atoms with Crippen LogP contribution in [0.1, 0.15) is 12.6 Å². The standard InChI is InChI=1S/C14H17N2O8P/c17-10-9(5-6-25(21,22)23)24-13(11(10)18)16-8-4-2-1-3-7(8)12(19)15-14(16)20/h1-4,9-11,13,17-18H,5-6H2,(H,15,19,20)(H2,21,22,23)/t9-,10-,11-,13-/m1/s1. The van der Waals surface area contributed by atoms with Crippen molar-refractivity contribution in [3.05, 3.63) is 45.1 Å². The van der Waals surface area contributed by atoms with Gasteiger partial charge in [-0.05, 0) is 18.6 Å². The van der Waals surface area contributed by atoms with Crippen LogP contribution in [0.3, 0.4) is 0 Å². The van der Waals surface area contributed by atoms with E-state index in [0.717, 1.165) is 4.57 Å². The van der Waals surface area contributed by atoms with Gasteiger partial charge in [0, 0.05) is 0 Å². The van der Waals surface area contributed by atoms with Crippen molar-refractivity contribution in [2.75, 3.05) is 6.16 Å². The maximum Gasteiger partial charge on any atom is 0.331 e. The molecule has 0 unspecified atom stereocenters. The van der Waals surface area contributed by atoms with Gasteiger partial charge in [0.1, 0.15) is 12.2 Å². The van der Waals surface area contributed by atoms with Crippen molar-refractivity contribution >= 4 is 18.5 Å². The van der Waals surface area contributed by atoms with Crippen LogP contribution in [0.4, 0.5) is 0 Å². The summed E-state index contributed by atoms with van der Waals surface area (Å²) in [4.78, 5) is 44.1. The minimum atomic E-state index is -4.30. The molecular weight excluding hydrogens is 355 g/mol. The topological polar surface area (TPSA) is 162 Å². The minimum Gasteiger partial charge on any atom is -0.388 e. The number of H-pyrrole nitrogens is 1. The molecule has 0 aliphatic carbocycles. The van der Waals surface area contributed by atoms with Gasteiger partial charge in [-0.1, -0.05) is 12.1 Å². The quantitative estimate of drug-likeness (QED) is 0.421. The summed E-state index contributed by atoms with van der Waals surface area (Å²) in [6, 6.07) is 6.20. The van der Waals surface area contributed by atoms with Crippen molar-refractivity contribution < 1.29 is 29.3 Å². The molecule has 0 bridgehead atoms. The number of aliphatic hydroxyl groups excluding tert-OH is 2. The monoisotopic (exact) mass is 372 g/mol. The lowest BCUT2D eigenvalue weighted by Crippen LogP contribution is -2.38. The second-order valence-electron chi connectivity index (χ2n) is 5.87. The molecule has 1 aromatic heterocycles. The van der Waals surface area contributed by atoms with Crippen molar-refractivity contribution in [2.45, 2.75) is 31.0 Å². The van der Waals surface area contributed by atoms with Crippen LogP contribution in [0.2, 0.25) is 0 Å². The molecule has 5 N–H and O–H groups in total. The Morgan fingerprint density at radius 2 is 1.84 bits per heavy atom. The highest BCUT2D eigenvalue weighted by Gasteiger charge is 2.44. The zero-order valence-corrected chi connectivity index (χ0v) is 13.7. The number of hydrogen-bond donors (Lipinski definition) is 5. The minimum absolute atomic E-state index is 0.199. The Hall–Kier alpha value is -1.81. The SMILES string of the molecule is O=c1[nH]c(=O)n([C@@H]2O[C@H](CCP(=O)(O)O)[C@@H](O)[C@H]2O)c2ccccc12. The maximum atomic E-state index is 12.2. The zero-order chi connectivity index (χ0) is 18.4. The van der Waals surface area contributed by atoms with Gasteiger partial charge in [0.05, 0.1) is 23.2 Å². The lowest BCUT2D eigenvalue weighted by atomic mass is 10.1. The average Bonchev–Trinajstić information content (AvgIpc) is 2.81. The molecule has 3 rings (SSSR count). The van der Waals surface area contributed by atoms with E-state index in [1.165, 1.54) is 12.1 Å². The van der Waals surface area contributed by atoms with Gasteiger partial charge in [0.25, 0.3) is 5.56 Å². The van der Waals surface area contributed by atoms with Gasteiger partial charge in [-0.2, -0.15) is 0 Å². The van der Waals surface area contributed by atoms with Crippen LogP contribution in [-0.4, -0.2) is 54.0 Å². The van der Waals surface area contributed by atoms with Crippen molar-refractivity contribution in [1.29, 1.82) is 0 Å². The average molecular weight is 372 g/mol. The summed E-state index contributed by atoms with van der Waals surface area (Å²) in [5.74, 6) is 0. The fourth-order valence-corrected chi connectivity index (χ4v) is 3.53.